The van der Waals surface area contributed by atoms with Crippen molar-refractivity contribution in [3.05, 3.63) is 52.1 Å². The molecule has 0 fully saturated rings. The van der Waals surface area contributed by atoms with Crippen molar-refractivity contribution in [2.45, 2.75) is 26.8 Å². The van der Waals surface area contributed by atoms with Crippen molar-refractivity contribution in [3.63, 3.8) is 0 Å². The average molecular weight is 412 g/mol. The molecule has 8 nitrogen and oxygen atoms in total. The lowest BCUT2D eigenvalue weighted by atomic mass is 9.99. The number of carbonyl (C=O) groups excluding carboxylic acids is 1. The second-order valence-corrected chi connectivity index (χ2v) is 7.20. The van der Waals surface area contributed by atoms with E-state index in [9.17, 15) is 20.0 Å². The number of nitro benzene ring substituents is 1. The van der Waals surface area contributed by atoms with Crippen molar-refractivity contribution in [1.82, 2.24) is 9.80 Å². The Balaban J connectivity index is 2.19. The van der Waals surface area contributed by atoms with Crippen LogP contribution in [0.15, 0.2) is 40.8 Å². The minimum absolute atomic E-state index is 0.0250. The number of carbonyl (C=O) groups is 1. The lowest BCUT2D eigenvalue weighted by Gasteiger charge is -2.34. The number of hydrogen-bond acceptors (Lipinski definition) is 7. The van der Waals surface area contributed by atoms with Gasteiger partial charge < -0.3 is 14.3 Å². The Morgan fingerprint density at radius 3 is 2.37 bits per heavy atom. The van der Waals surface area contributed by atoms with E-state index in [1.54, 1.807) is 4.90 Å². The van der Waals surface area contributed by atoms with E-state index < -0.39 is 10.9 Å². The second kappa shape index (κ2) is 9.23. The molecule has 2 aromatic carbocycles. The van der Waals surface area contributed by atoms with Gasteiger partial charge in [0.05, 0.1) is 23.0 Å². The van der Waals surface area contributed by atoms with Gasteiger partial charge in [-0.1, -0.05) is 39.0 Å². The van der Waals surface area contributed by atoms with E-state index in [2.05, 4.69) is 4.90 Å². The molecule has 1 aromatic heterocycles. The summed E-state index contributed by atoms with van der Waals surface area (Å²) in [4.78, 5) is 26.6. The molecule has 3 aromatic rings. The van der Waals surface area contributed by atoms with Crippen molar-refractivity contribution in [3.8, 4) is 0 Å². The summed E-state index contributed by atoms with van der Waals surface area (Å²) in [5.74, 6) is -1.17. The molecule has 0 aliphatic carbocycles. The van der Waals surface area contributed by atoms with Gasteiger partial charge in [0.15, 0.2) is 0 Å². The normalized spacial score (nSPS) is 12.8. The van der Waals surface area contributed by atoms with Crippen LogP contribution in [0, 0.1) is 10.1 Å². The molecule has 0 saturated carbocycles. The van der Waals surface area contributed by atoms with E-state index in [4.69, 9.17) is 4.42 Å². The fourth-order valence-corrected chi connectivity index (χ4v) is 4.01. The first kappa shape index (κ1) is 21.7. The largest absolute Gasteiger partial charge is 0.549 e. The van der Waals surface area contributed by atoms with Crippen molar-refractivity contribution < 1.29 is 19.2 Å². The first-order valence-electron chi connectivity index (χ1n) is 10.1. The average Bonchev–Trinajstić information content (AvgIpc) is 3.09. The number of likely N-dealkylation sites (N-methyl/N-ethyl adjacent to an activating group) is 2. The highest BCUT2D eigenvalue weighted by Gasteiger charge is 2.29. The molecule has 1 unspecified atom stereocenters. The van der Waals surface area contributed by atoms with E-state index in [1.165, 1.54) is 6.07 Å². The number of nitro groups is 1. The van der Waals surface area contributed by atoms with Gasteiger partial charge in [0.2, 0.25) is 0 Å². The number of aliphatic carboxylic acids is 1. The van der Waals surface area contributed by atoms with Crippen molar-refractivity contribution in [2.24, 2.45) is 0 Å². The van der Waals surface area contributed by atoms with Crippen LogP contribution in [0.2, 0.25) is 0 Å². The number of carboxylic acid groups (broad SMARTS) is 1. The molecule has 0 radical (unpaired) electrons. The molecule has 0 bridgehead atoms. The Labute approximate surface area is 174 Å². The third-order valence-corrected chi connectivity index (χ3v) is 5.57. The predicted molar refractivity (Wildman–Crippen MR) is 113 cm³/mol. The van der Waals surface area contributed by atoms with E-state index in [-0.39, 0.29) is 18.3 Å². The van der Waals surface area contributed by atoms with Crippen LogP contribution in [0.3, 0.4) is 0 Å². The highest BCUT2D eigenvalue weighted by atomic mass is 16.6. The fraction of sp³-hybridized carbons (Fsp3) is 0.409. The van der Waals surface area contributed by atoms with E-state index in [0.717, 1.165) is 10.8 Å². The van der Waals surface area contributed by atoms with Crippen LogP contribution in [0.4, 0.5) is 5.69 Å². The maximum atomic E-state index is 11.9. The third kappa shape index (κ3) is 4.29. The molecule has 0 saturated heterocycles. The minimum atomic E-state index is -1.17. The lowest BCUT2D eigenvalue weighted by molar-refractivity contribution is -0.385. The summed E-state index contributed by atoms with van der Waals surface area (Å²) in [5.41, 5.74) is 1.67. The SMILES string of the molecule is CCN(CC(=O)[O-])CC(c1cc2c(cc1[N+](=O)[O-])oc1ccccc12)N(CC)CC. The Morgan fingerprint density at radius 2 is 1.77 bits per heavy atom. The number of nitrogens with zero attached hydrogens (tertiary/aromatic N) is 3. The molecule has 1 atom stereocenters. The fourth-order valence-electron chi connectivity index (χ4n) is 4.01. The quantitative estimate of drug-likeness (QED) is 0.372. The number of hydrogen-bond donors (Lipinski definition) is 0. The van der Waals surface area contributed by atoms with Crippen LogP contribution in [0.1, 0.15) is 32.4 Å². The number of furan rings is 1. The van der Waals surface area contributed by atoms with Gasteiger partial charge in [-0.25, -0.2) is 0 Å². The molecular weight excluding hydrogens is 386 g/mol. The summed E-state index contributed by atoms with van der Waals surface area (Å²) in [6.45, 7) is 7.80. The van der Waals surface area contributed by atoms with Crippen LogP contribution < -0.4 is 5.11 Å². The van der Waals surface area contributed by atoms with Crippen LogP contribution in [-0.2, 0) is 4.79 Å². The van der Waals surface area contributed by atoms with E-state index >= 15 is 0 Å². The highest BCUT2D eigenvalue weighted by Crippen LogP contribution is 2.38. The first-order chi connectivity index (χ1) is 14.4. The zero-order valence-corrected chi connectivity index (χ0v) is 17.5. The summed E-state index contributed by atoms with van der Waals surface area (Å²) >= 11 is 0. The molecule has 0 amide bonds. The molecule has 0 aliphatic heterocycles. The van der Waals surface area contributed by atoms with Crippen LogP contribution in [0.5, 0.6) is 0 Å². The standard InChI is InChI=1S/C22H27N3O5/c1-4-23(14-22(26)27)13-19(24(5-2)6-3)17-11-16-15-9-7-8-10-20(15)30-21(16)12-18(17)25(28)29/h7-12,19H,4-6,13-14H2,1-3H3,(H,26,27)/p-1. The molecule has 0 spiro atoms. The molecule has 160 valence electrons. The number of rotatable bonds is 10. The van der Waals surface area contributed by atoms with Gasteiger partial charge >= 0.3 is 0 Å². The topological polar surface area (TPSA) is 103 Å². The summed E-state index contributed by atoms with van der Waals surface area (Å²) in [5, 5.41) is 24.8. The van der Waals surface area contributed by atoms with Gasteiger partial charge in [0.25, 0.3) is 5.69 Å². The van der Waals surface area contributed by atoms with Crippen LogP contribution >= 0.6 is 0 Å². The summed E-state index contributed by atoms with van der Waals surface area (Å²) in [7, 11) is 0. The van der Waals surface area contributed by atoms with Gasteiger partial charge in [0.1, 0.15) is 11.2 Å². The van der Waals surface area contributed by atoms with Crippen molar-refractivity contribution >= 4 is 33.6 Å². The predicted octanol–water partition coefficient (Wildman–Crippen LogP) is 2.95. The van der Waals surface area contributed by atoms with Gasteiger partial charge in [-0.05, 0) is 31.8 Å². The Bertz CT molecular complexity index is 1060. The van der Waals surface area contributed by atoms with E-state index in [0.29, 0.717) is 42.9 Å². The van der Waals surface area contributed by atoms with Gasteiger partial charge in [-0.2, -0.15) is 0 Å². The molecular formula is C22H26N3O5-. The third-order valence-electron chi connectivity index (χ3n) is 5.57. The zero-order chi connectivity index (χ0) is 21.8. The van der Waals surface area contributed by atoms with E-state index in [1.807, 2.05) is 51.1 Å². The lowest BCUT2D eigenvalue weighted by Crippen LogP contribution is -2.43. The van der Waals surface area contributed by atoms with Gasteiger partial charge in [-0.15, -0.1) is 0 Å². The maximum Gasteiger partial charge on any atom is 0.278 e. The van der Waals surface area contributed by atoms with Crippen LogP contribution in [-0.4, -0.2) is 53.4 Å². The van der Waals surface area contributed by atoms with Crippen molar-refractivity contribution in [1.29, 1.82) is 0 Å². The smallest absolute Gasteiger partial charge is 0.278 e. The minimum Gasteiger partial charge on any atom is -0.549 e. The number of carboxylic acids is 1. The first-order valence-corrected chi connectivity index (χ1v) is 10.1. The Morgan fingerprint density at radius 1 is 1.07 bits per heavy atom. The molecule has 1 heterocycles. The van der Waals surface area contributed by atoms with Crippen molar-refractivity contribution in [2.75, 3.05) is 32.7 Å². The summed E-state index contributed by atoms with van der Waals surface area (Å²) in [6, 6.07) is 10.5. The summed E-state index contributed by atoms with van der Waals surface area (Å²) < 4.78 is 5.83. The van der Waals surface area contributed by atoms with Gasteiger partial charge in [0, 0.05) is 29.4 Å². The molecule has 0 aliphatic rings. The molecule has 3 rings (SSSR count). The van der Waals surface area contributed by atoms with Crippen LogP contribution in [0.25, 0.3) is 21.9 Å². The highest BCUT2D eigenvalue weighted by molar-refractivity contribution is 6.05. The monoisotopic (exact) mass is 412 g/mol. The number of benzene rings is 2. The summed E-state index contributed by atoms with van der Waals surface area (Å²) in [6.07, 6.45) is 0. The second-order valence-electron chi connectivity index (χ2n) is 7.20. The molecule has 0 N–H and O–H groups in total. The molecule has 30 heavy (non-hydrogen) atoms. The number of para-hydroxylation sites is 1. The Hall–Kier alpha value is -2.97. The maximum absolute atomic E-state index is 11.9. The number of fused-ring (bicyclic) bond motifs is 3. The zero-order valence-electron chi connectivity index (χ0n) is 17.5. The Kier molecular flexibility index (Phi) is 6.69. The van der Waals surface area contributed by atoms with Gasteiger partial charge in [-0.3, -0.25) is 19.9 Å². The molecule has 8 heteroatoms.